The summed E-state index contributed by atoms with van der Waals surface area (Å²) in [4.78, 5) is 0. The van der Waals surface area contributed by atoms with Crippen molar-refractivity contribution in [3.8, 4) is 5.69 Å². The molecule has 0 amide bonds. The third-order valence-electron chi connectivity index (χ3n) is 4.14. The Bertz CT molecular complexity index is 600. The molecule has 104 valence electrons. The van der Waals surface area contributed by atoms with E-state index in [1.807, 2.05) is 0 Å². The summed E-state index contributed by atoms with van der Waals surface area (Å²) in [6.07, 6.45) is 6.87. The van der Waals surface area contributed by atoms with Crippen LogP contribution in [0.3, 0.4) is 0 Å². The summed E-state index contributed by atoms with van der Waals surface area (Å²) in [6.45, 7) is 5.35. The molecular weight excluding hydrogens is 244 g/mol. The third-order valence-corrected chi connectivity index (χ3v) is 4.14. The monoisotopic (exact) mass is 266 g/mol. The zero-order valence-corrected chi connectivity index (χ0v) is 12.3. The average Bonchev–Trinajstić information content (AvgIpc) is 3.06. The second-order valence-corrected chi connectivity index (χ2v) is 5.59. The van der Waals surface area contributed by atoms with E-state index in [4.69, 9.17) is 0 Å². The first kappa shape index (κ1) is 13.2. The van der Waals surface area contributed by atoms with Gasteiger partial charge in [0.15, 0.2) is 0 Å². The summed E-state index contributed by atoms with van der Waals surface area (Å²) in [5, 5.41) is 3.65. The molecule has 0 saturated carbocycles. The molecule has 1 aliphatic rings. The molecule has 20 heavy (non-hydrogen) atoms. The van der Waals surface area contributed by atoms with Gasteiger partial charge in [-0.05, 0) is 50.5 Å². The lowest BCUT2D eigenvalue weighted by Crippen LogP contribution is -2.25. The van der Waals surface area contributed by atoms with Gasteiger partial charge in [-0.2, -0.15) is 0 Å². The van der Waals surface area contributed by atoms with Gasteiger partial charge < -0.3 is 9.88 Å². The number of rotatable bonds is 4. The molecule has 0 atom stereocenters. The van der Waals surface area contributed by atoms with Crippen molar-refractivity contribution in [1.82, 2.24) is 9.88 Å². The molecule has 2 nitrogen and oxygen atoms in total. The van der Waals surface area contributed by atoms with Crippen LogP contribution in [-0.4, -0.2) is 10.6 Å². The van der Waals surface area contributed by atoms with Gasteiger partial charge in [0.25, 0.3) is 0 Å². The number of hydrogen-bond donors (Lipinski definition) is 1. The van der Waals surface area contributed by atoms with E-state index in [-0.39, 0.29) is 0 Å². The fourth-order valence-electron chi connectivity index (χ4n) is 3.02. The highest BCUT2D eigenvalue weighted by molar-refractivity contribution is 5.40. The summed E-state index contributed by atoms with van der Waals surface area (Å²) in [5.41, 5.74) is 5.29. The van der Waals surface area contributed by atoms with E-state index in [1.165, 1.54) is 22.6 Å². The molecule has 0 bridgehead atoms. The number of aromatic nitrogens is 1. The maximum absolute atomic E-state index is 3.65. The summed E-state index contributed by atoms with van der Waals surface area (Å²) >= 11 is 0. The zero-order chi connectivity index (χ0) is 13.9. The van der Waals surface area contributed by atoms with Crippen LogP contribution in [0.15, 0.2) is 48.6 Å². The van der Waals surface area contributed by atoms with Crippen LogP contribution in [0.1, 0.15) is 29.8 Å². The van der Waals surface area contributed by atoms with Crippen molar-refractivity contribution in [3.05, 3.63) is 65.5 Å². The van der Waals surface area contributed by atoms with Crippen molar-refractivity contribution in [2.75, 3.05) is 0 Å². The standard InChI is InChI=1S/C18H22N2/c1-14-12-16(13-19-17-8-6-7-9-17)15(2)20(14)18-10-4-3-5-11-18/h3-7,10-12,17,19H,8-9,13H2,1-2H3. The smallest absolute Gasteiger partial charge is 0.0455 e. The molecule has 0 radical (unpaired) electrons. The van der Waals surface area contributed by atoms with Gasteiger partial charge in [0.2, 0.25) is 0 Å². The second-order valence-electron chi connectivity index (χ2n) is 5.59. The fraction of sp³-hybridized carbons (Fsp3) is 0.333. The predicted molar refractivity (Wildman–Crippen MR) is 84.2 cm³/mol. The first-order chi connectivity index (χ1) is 9.75. The molecule has 0 unspecified atom stereocenters. The quantitative estimate of drug-likeness (QED) is 0.830. The number of nitrogens with one attached hydrogen (secondary N) is 1. The molecule has 0 fully saturated rings. The zero-order valence-electron chi connectivity index (χ0n) is 12.3. The van der Waals surface area contributed by atoms with Gasteiger partial charge in [0.1, 0.15) is 0 Å². The first-order valence-electron chi connectivity index (χ1n) is 7.37. The van der Waals surface area contributed by atoms with Crippen molar-refractivity contribution >= 4 is 0 Å². The molecule has 1 heterocycles. The molecule has 1 aliphatic carbocycles. The van der Waals surface area contributed by atoms with Gasteiger partial charge in [0.05, 0.1) is 0 Å². The molecule has 0 saturated heterocycles. The molecule has 1 aromatic carbocycles. The predicted octanol–water partition coefficient (Wildman–Crippen LogP) is 3.90. The van der Waals surface area contributed by atoms with Crippen LogP contribution in [0, 0.1) is 13.8 Å². The summed E-state index contributed by atoms with van der Waals surface area (Å²) < 4.78 is 2.34. The van der Waals surface area contributed by atoms with Crippen molar-refractivity contribution in [2.45, 2.75) is 39.3 Å². The largest absolute Gasteiger partial charge is 0.318 e. The SMILES string of the molecule is Cc1cc(CNC2CC=CC2)c(C)n1-c1ccccc1. The highest BCUT2D eigenvalue weighted by atomic mass is 15.0. The van der Waals surface area contributed by atoms with Gasteiger partial charge in [-0.3, -0.25) is 0 Å². The minimum Gasteiger partial charge on any atom is -0.318 e. The molecule has 2 aromatic rings. The van der Waals surface area contributed by atoms with Crippen LogP contribution >= 0.6 is 0 Å². The van der Waals surface area contributed by atoms with Gasteiger partial charge in [-0.1, -0.05) is 30.4 Å². The summed E-state index contributed by atoms with van der Waals surface area (Å²) in [5.74, 6) is 0. The number of aryl methyl sites for hydroxylation is 1. The topological polar surface area (TPSA) is 17.0 Å². The highest BCUT2D eigenvalue weighted by Crippen LogP contribution is 2.21. The molecule has 0 spiro atoms. The molecular formula is C18H22N2. The number of nitrogens with zero attached hydrogens (tertiary/aromatic N) is 1. The summed E-state index contributed by atoms with van der Waals surface area (Å²) in [6, 6.07) is 13.5. The van der Waals surface area contributed by atoms with E-state index in [2.05, 4.69) is 72.3 Å². The number of benzene rings is 1. The Hall–Kier alpha value is -1.80. The van der Waals surface area contributed by atoms with Crippen LogP contribution < -0.4 is 5.32 Å². The van der Waals surface area contributed by atoms with Crippen LogP contribution in [0.2, 0.25) is 0 Å². The Morgan fingerprint density at radius 2 is 1.80 bits per heavy atom. The van der Waals surface area contributed by atoms with Crippen molar-refractivity contribution < 1.29 is 0 Å². The van der Waals surface area contributed by atoms with Crippen molar-refractivity contribution in [3.63, 3.8) is 0 Å². The van der Waals surface area contributed by atoms with Crippen LogP contribution in [0.4, 0.5) is 0 Å². The average molecular weight is 266 g/mol. The van der Waals surface area contributed by atoms with Crippen molar-refractivity contribution in [2.24, 2.45) is 0 Å². The maximum Gasteiger partial charge on any atom is 0.0455 e. The summed E-state index contributed by atoms with van der Waals surface area (Å²) in [7, 11) is 0. The number of para-hydroxylation sites is 1. The minimum atomic E-state index is 0.620. The van der Waals surface area contributed by atoms with E-state index in [1.54, 1.807) is 0 Å². The minimum absolute atomic E-state index is 0.620. The van der Waals surface area contributed by atoms with Gasteiger partial charge in [0, 0.05) is 29.7 Å². The van der Waals surface area contributed by atoms with E-state index in [0.29, 0.717) is 6.04 Å². The highest BCUT2D eigenvalue weighted by Gasteiger charge is 2.13. The Kier molecular flexibility index (Phi) is 3.75. The maximum atomic E-state index is 3.65. The molecule has 2 heteroatoms. The third kappa shape index (κ3) is 2.56. The van der Waals surface area contributed by atoms with Crippen LogP contribution in [-0.2, 0) is 6.54 Å². The fourth-order valence-corrected chi connectivity index (χ4v) is 3.02. The first-order valence-corrected chi connectivity index (χ1v) is 7.37. The van der Waals surface area contributed by atoms with Gasteiger partial charge in [-0.25, -0.2) is 0 Å². The van der Waals surface area contributed by atoms with Crippen LogP contribution in [0.25, 0.3) is 5.69 Å². The van der Waals surface area contributed by atoms with E-state index in [9.17, 15) is 0 Å². The lowest BCUT2D eigenvalue weighted by molar-refractivity contribution is 0.537. The molecule has 1 aromatic heterocycles. The van der Waals surface area contributed by atoms with Crippen molar-refractivity contribution in [1.29, 1.82) is 0 Å². The molecule has 0 aliphatic heterocycles. The lowest BCUT2D eigenvalue weighted by Gasteiger charge is -2.13. The van der Waals surface area contributed by atoms with E-state index >= 15 is 0 Å². The van der Waals surface area contributed by atoms with Crippen LogP contribution in [0.5, 0.6) is 0 Å². The number of hydrogen-bond acceptors (Lipinski definition) is 1. The Morgan fingerprint density at radius 3 is 2.50 bits per heavy atom. The Labute approximate surface area is 121 Å². The normalized spacial score (nSPS) is 15.1. The van der Waals surface area contributed by atoms with Gasteiger partial charge in [-0.15, -0.1) is 0 Å². The molecule has 3 rings (SSSR count). The molecule has 1 N–H and O–H groups in total. The van der Waals surface area contributed by atoms with E-state index < -0.39 is 0 Å². The lowest BCUT2D eigenvalue weighted by atomic mass is 10.2. The Morgan fingerprint density at radius 1 is 1.10 bits per heavy atom. The second kappa shape index (κ2) is 5.68. The van der Waals surface area contributed by atoms with Gasteiger partial charge >= 0.3 is 0 Å². The Balaban J connectivity index is 1.80. The van der Waals surface area contributed by atoms with E-state index in [0.717, 1.165) is 19.4 Å².